The number of rotatable bonds is 4. The van der Waals surface area contributed by atoms with Crippen molar-refractivity contribution in [2.45, 2.75) is 6.54 Å². The van der Waals surface area contributed by atoms with Gasteiger partial charge in [-0.3, -0.25) is 18.7 Å². The van der Waals surface area contributed by atoms with E-state index in [9.17, 15) is 14.4 Å². The quantitative estimate of drug-likeness (QED) is 0.634. The Kier molecular flexibility index (Phi) is 5.32. The Morgan fingerprint density at radius 3 is 2.67 bits per heavy atom. The van der Waals surface area contributed by atoms with E-state index in [0.29, 0.717) is 19.8 Å². The van der Waals surface area contributed by atoms with Crippen molar-refractivity contribution in [1.82, 2.24) is 24.4 Å². The first-order valence-electron chi connectivity index (χ1n) is 9.57. The minimum Gasteiger partial charge on any atom is -0.378 e. The zero-order chi connectivity index (χ0) is 21.3. The average Bonchev–Trinajstić information content (AvgIpc) is 2.80. The van der Waals surface area contributed by atoms with Gasteiger partial charge in [0.15, 0.2) is 0 Å². The van der Waals surface area contributed by atoms with E-state index in [1.165, 1.54) is 30.9 Å². The van der Waals surface area contributed by atoms with Crippen LogP contribution in [0.2, 0.25) is 0 Å². The summed E-state index contributed by atoms with van der Waals surface area (Å²) in [7, 11) is 2.93. The number of hydrogen-bond acceptors (Lipinski definition) is 7. The van der Waals surface area contributed by atoms with Crippen LogP contribution in [0.15, 0.2) is 40.2 Å². The van der Waals surface area contributed by atoms with Gasteiger partial charge in [0, 0.05) is 46.1 Å². The third kappa shape index (κ3) is 3.69. The number of nitrogens with one attached hydrogen (secondary N) is 1. The van der Waals surface area contributed by atoms with E-state index in [-0.39, 0.29) is 22.5 Å². The van der Waals surface area contributed by atoms with Crippen LogP contribution in [0, 0.1) is 0 Å². The lowest BCUT2D eigenvalue weighted by atomic mass is 10.2. The molecular formula is C20H22N6O4. The van der Waals surface area contributed by atoms with E-state index in [4.69, 9.17) is 4.74 Å². The first-order valence-corrected chi connectivity index (χ1v) is 9.57. The van der Waals surface area contributed by atoms with Gasteiger partial charge in [-0.2, -0.15) is 0 Å². The molecule has 10 nitrogen and oxygen atoms in total. The van der Waals surface area contributed by atoms with Gasteiger partial charge in [0.2, 0.25) is 0 Å². The number of amides is 1. The molecule has 0 radical (unpaired) electrons. The van der Waals surface area contributed by atoms with Gasteiger partial charge in [-0.25, -0.2) is 14.8 Å². The van der Waals surface area contributed by atoms with Crippen molar-refractivity contribution in [2.75, 3.05) is 31.2 Å². The van der Waals surface area contributed by atoms with Crippen LogP contribution in [-0.2, 0) is 25.4 Å². The number of aromatic nitrogens is 4. The molecule has 0 saturated carbocycles. The van der Waals surface area contributed by atoms with Crippen molar-refractivity contribution in [3.8, 4) is 0 Å². The molecule has 0 unspecified atom stereocenters. The first kappa shape index (κ1) is 19.8. The Morgan fingerprint density at radius 2 is 1.90 bits per heavy atom. The second-order valence-corrected chi connectivity index (χ2v) is 7.11. The molecule has 1 saturated heterocycles. The van der Waals surface area contributed by atoms with Crippen molar-refractivity contribution >= 4 is 22.8 Å². The fourth-order valence-electron chi connectivity index (χ4n) is 3.41. The summed E-state index contributed by atoms with van der Waals surface area (Å²) in [4.78, 5) is 47.7. The normalized spacial score (nSPS) is 14.1. The molecule has 1 aliphatic heterocycles. The number of aryl methyl sites for hydroxylation is 1. The summed E-state index contributed by atoms with van der Waals surface area (Å²) in [5.74, 6) is 0.492. The molecule has 1 fully saturated rings. The summed E-state index contributed by atoms with van der Waals surface area (Å²) in [6, 6.07) is 5.25. The monoisotopic (exact) mass is 410 g/mol. The van der Waals surface area contributed by atoms with Gasteiger partial charge < -0.3 is 15.0 Å². The van der Waals surface area contributed by atoms with Crippen molar-refractivity contribution in [3.05, 3.63) is 62.6 Å². The summed E-state index contributed by atoms with van der Waals surface area (Å²) in [6.07, 6.45) is 3.08. The molecule has 156 valence electrons. The lowest BCUT2D eigenvalue weighted by Gasteiger charge is -2.28. The third-order valence-electron chi connectivity index (χ3n) is 5.15. The smallest absolute Gasteiger partial charge is 0.332 e. The predicted octanol–water partition coefficient (Wildman–Crippen LogP) is -0.206. The van der Waals surface area contributed by atoms with Gasteiger partial charge in [-0.15, -0.1) is 0 Å². The Hall–Kier alpha value is -3.53. The van der Waals surface area contributed by atoms with Crippen molar-refractivity contribution < 1.29 is 9.53 Å². The van der Waals surface area contributed by atoms with Gasteiger partial charge in [0.1, 0.15) is 11.5 Å². The van der Waals surface area contributed by atoms with E-state index in [0.717, 1.165) is 29.0 Å². The molecule has 10 heteroatoms. The number of ether oxygens (including phenoxy) is 1. The molecule has 0 atom stereocenters. The lowest BCUT2D eigenvalue weighted by Crippen LogP contribution is -2.37. The van der Waals surface area contributed by atoms with Crippen LogP contribution in [0.5, 0.6) is 0 Å². The van der Waals surface area contributed by atoms with E-state index >= 15 is 0 Å². The fourth-order valence-corrected chi connectivity index (χ4v) is 3.41. The molecule has 4 heterocycles. The van der Waals surface area contributed by atoms with Crippen molar-refractivity contribution in [3.63, 3.8) is 0 Å². The predicted molar refractivity (Wildman–Crippen MR) is 111 cm³/mol. The molecule has 1 aliphatic rings. The summed E-state index contributed by atoms with van der Waals surface area (Å²) in [5, 5.41) is 3.06. The molecule has 3 aromatic heterocycles. The molecule has 1 amide bonds. The molecule has 0 aromatic carbocycles. The van der Waals surface area contributed by atoms with Gasteiger partial charge in [-0.1, -0.05) is 0 Å². The second kappa shape index (κ2) is 8.07. The minimum atomic E-state index is -0.487. The maximum Gasteiger partial charge on any atom is 0.332 e. The molecule has 30 heavy (non-hydrogen) atoms. The highest BCUT2D eigenvalue weighted by atomic mass is 16.5. The molecule has 1 N–H and O–H groups in total. The number of carbonyl (C=O) groups excluding carboxylic acids is 1. The highest BCUT2D eigenvalue weighted by molar-refractivity contribution is 5.96. The molecule has 0 bridgehead atoms. The lowest BCUT2D eigenvalue weighted by molar-refractivity contribution is 0.0950. The summed E-state index contributed by atoms with van der Waals surface area (Å²) in [5.41, 5.74) is 0.446. The van der Waals surface area contributed by atoms with Gasteiger partial charge in [-0.05, 0) is 23.8 Å². The summed E-state index contributed by atoms with van der Waals surface area (Å²) in [6.45, 7) is 3.21. The molecule has 4 rings (SSSR count). The fraction of sp³-hybridized carbons (Fsp3) is 0.350. The van der Waals surface area contributed by atoms with Crippen LogP contribution >= 0.6 is 0 Å². The minimum absolute atomic E-state index is 0.214. The van der Waals surface area contributed by atoms with Crippen LogP contribution in [0.3, 0.4) is 0 Å². The Labute approximate surface area is 171 Å². The Morgan fingerprint density at radius 1 is 1.13 bits per heavy atom. The molecular weight excluding hydrogens is 388 g/mol. The zero-order valence-electron chi connectivity index (χ0n) is 16.8. The maximum absolute atomic E-state index is 12.6. The van der Waals surface area contributed by atoms with Crippen LogP contribution < -0.4 is 21.5 Å². The van der Waals surface area contributed by atoms with Crippen molar-refractivity contribution in [1.29, 1.82) is 0 Å². The van der Waals surface area contributed by atoms with Crippen molar-refractivity contribution in [2.24, 2.45) is 14.1 Å². The Balaban J connectivity index is 1.53. The number of fused-ring (bicyclic) bond motifs is 1. The van der Waals surface area contributed by atoms with Crippen LogP contribution in [0.4, 0.5) is 5.82 Å². The average molecular weight is 410 g/mol. The second-order valence-electron chi connectivity index (χ2n) is 7.11. The van der Waals surface area contributed by atoms with Gasteiger partial charge in [0.05, 0.1) is 24.2 Å². The number of anilines is 1. The van der Waals surface area contributed by atoms with Gasteiger partial charge >= 0.3 is 5.69 Å². The van der Waals surface area contributed by atoms with Crippen LogP contribution in [-0.4, -0.2) is 51.3 Å². The summed E-state index contributed by atoms with van der Waals surface area (Å²) >= 11 is 0. The number of nitrogens with zero attached hydrogens (tertiary/aromatic N) is 5. The highest BCUT2D eigenvalue weighted by Crippen LogP contribution is 2.14. The van der Waals surface area contributed by atoms with Gasteiger partial charge in [0.25, 0.3) is 11.5 Å². The summed E-state index contributed by atoms with van der Waals surface area (Å²) < 4.78 is 7.64. The van der Waals surface area contributed by atoms with E-state index in [1.807, 2.05) is 12.1 Å². The number of pyridine rings is 2. The molecule has 0 spiro atoms. The standard InChI is InChI=1S/C20H22N6O4/c1-24-17-15(19(28)25(2)20(24)29)10-14(12-22-17)18(27)23-11-13-3-4-21-16(9-13)26-5-7-30-8-6-26/h3-4,9-10,12H,5-8,11H2,1-2H3,(H,23,27). The van der Waals surface area contributed by atoms with E-state index in [1.54, 1.807) is 6.20 Å². The van der Waals surface area contributed by atoms with Crippen LogP contribution in [0.25, 0.3) is 11.0 Å². The zero-order valence-corrected chi connectivity index (χ0v) is 16.8. The Bertz CT molecular complexity index is 1230. The number of morpholine rings is 1. The highest BCUT2D eigenvalue weighted by Gasteiger charge is 2.15. The van der Waals surface area contributed by atoms with E-state index in [2.05, 4.69) is 20.2 Å². The molecule has 0 aliphatic carbocycles. The maximum atomic E-state index is 12.6. The molecule has 3 aromatic rings. The largest absolute Gasteiger partial charge is 0.378 e. The van der Waals surface area contributed by atoms with E-state index < -0.39 is 11.2 Å². The number of hydrogen-bond donors (Lipinski definition) is 1. The topological polar surface area (TPSA) is 111 Å². The third-order valence-corrected chi connectivity index (χ3v) is 5.15. The first-order chi connectivity index (χ1) is 14.5. The SMILES string of the molecule is Cn1c(=O)c2cc(C(=O)NCc3ccnc(N4CCOCC4)c3)cnc2n(C)c1=O. The number of carbonyl (C=O) groups is 1. The van der Waals surface area contributed by atoms with Crippen LogP contribution in [0.1, 0.15) is 15.9 Å².